The molecule has 0 atom stereocenters. The lowest BCUT2D eigenvalue weighted by molar-refractivity contribution is 0.590. The normalized spacial score (nSPS) is 17.6. The zero-order valence-corrected chi connectivity index (χ0v) is 27.5. The second-order valence-corrected chi connectivity index (χ2v) is 19.7. The summed E-state index contributed by atoms with van der Waals surface area (Å²) in [7, 11) is -1.42. The Kier molecular flexibility index (Phi) is 6.52. The molecule has 43 heavy (non-hydrogen) atoms. The summed E-state index contributed by atoms with van der Waals surface area (Å²) in [5.74, 6) is 0. The van der Waals surface area contributed by atoms with Crippen LogP contribution in [0, 0.1) is 0 Å². The molecule has 0 nitrogen and oxygen atoms in total. The van der Waals surface area contributed by atoms with Crippen LogP contribution in [-0.4, -0.2) is 8.07 Å². The Hall–Kier alpha value is -3.94. The molecule has 0 bridgehead atoms. The average molecular weight is 575 g/mol. The van der Waals surface area contributed by atoms with Crippen LogP contribution in [-0.2, 0) is 10.8 Å². The third-order valence-corrected chi connectivity index (χ3v) is 11.8. The maximum absolute atomic E-state index is 2.56. The highest BCUT2D eigenvalue weighted by Gasteiger charge is 2.51. The summed E-state index contributed by atoms with van der Waals surface area (Å²) in [6.45, 7) is 14.3. The summed E-state index contributed by atoms with van der Waals surface area (Å²) in [6, 6.07) is 41.2. The zero-order chi connectivity index (χ0) is 30.0. The van der Waals surface area contributed by atoms with E-state index in [1.54, 1.807) is 0 Å². The molecule has 7 rings (SSSR count). The molecule has 3 aliphatic carbocycles. The molecule has 3 aliphatic rings. The van der Waals surface area contributed by atoms with Crippen LogP contribution in [0.15, 0.2) is 144 Å². The van der Waals surface area contributed by atoms with Gasteiger partial charge >= 0.3 is 0 Å². The van der Waals surface area contributed by atoms with E-state index in [0.717, 1.165) is 12.8 Å². The largest absolute Gasteiger partial charge is 0.0776 e. The van der Waals surface area contributed by atoms with Crippen molar-refractivity contribution in [2.24, 2.45) is 0 Å². The van der Waals surface area contributed by atoms with Gasteiger partial charge in [0.15, 0.2) is 0 Å². The molecule has 0 N–H and O–H groups in total. The summed E-state index contributed by atoms with van der Waals surface area (Å²) in [6.07, 6.45) is 7.09. The Morgan fingerprint density at radius 1 is 0.558 bits per heavy atom. The van der Waals surface area contributed by atoms with E-state index in [4.69, 9.17) is 0 Å². The highest BCUT2D eigenvalue weighted by molar-refractivity contribution is 6.88. The fourth-order valence-corrected chi connectivity index (χ4v) is 8.64. The zero-order valence-electron chi connectivity index (χ0n) is 26.5. The number of allylic oxidation sites excluding steroid dienone is 8. The quantitative estimate of drug-likeness (QED) is 0.208. The van der Waals surface area contributed by atoms with Gasteiger partial charge in [-0.25, -0.2) is 0 Å². The number of benzene rings is 4. The lowest BCUT2D eigenvalue weighted by atomic mass is 9.66. The van der Waals surface area contributed by atoms with Crippen LogP contribution >= 0.6 is 0 Å². The number of fused-ring (bicyclic) bond motifs is 1. The van der Waals surface area contributed by atoms with Gasteiger partial charge in [0.2, 0.25) is 0 Å². The Morgan fingerprint density at radius 3 is 1.53 bits per heavy atom. The lowest BCUT2D eigenvalue weighted by Gasteiger charge is -2.35. The van der Waals surface area contributed by atoms with Crippen LogP contribution < -0.4 is 5.19 Å². The molecule has 0 saturated heterocycles. The molecular formula is C42H42Si. The molecule has 0 aliphatic heterocycles. The second-order valence-electron chi connectivity index (χ2n) is 14.6. The van der Waals surface area contributed by atoms with E-state index in [1.165, 1.54) is 66.4 Å². The van der Waals surface area contributed by atoms with Crippen molar-refractivity contribution in [1.82, 2.24) is 0 Å². The molecule has 0 unspecified atom stereocenters. The van der Waals surface area contributed by atoms with Crippen molar-refractivity contribution >= 4 is 24.4 Å². The summed E-state index contributed by atoms with van der Waals surface area (Å²) >= 11 is 0. The summed E-state index contributed by atoms with van der Waals surface area (Å²) in [5.41, 5.74) is 15.5. The molecule has 0 heterocycles. The molecule has 0 radical (unpaired) electrons. The van der Waals surface area contributed by atoms with Crippen molar-refractivity contribution in [3.8, 4) is 0 Å². The standard InChI is InChI=1S/C42H42Si/c1-41(2,3)35-21-13-15-29(23-35)31-25-37-38-26-32(30-16-14-22-36(24-30)43(4,5)6)28-40(38)42(39(37)27-31,33-17-9-7-10-18-33)34-19-11-8-12-20-34/h7-24,27-28H,25-26H2,1-6H3. The van der Waals surface area contributed by atoms with E-state index >= 15 is 0 Å². The first-order chi connectivity index (χ1) is 20.6. The molecule has 0 saturated carbocycles. The second kappa shape index (κ2) is 10.1. The highest BCUT2D eigenvalue weighted by Crippen LogP contribution is 2.62. The SMILES string of the molecule is CC(C)(C)c1cccc(C2=CC3=C(C2)C2=C(C=C(c4cccc([Si](C)(C)C)c4)C2)C3(c2ccccc2)c2ccccc2)c1. The minimum Gasteiger partial charge on any atom is -0.0656 e. The number of hydrogen-bond donors (Lipinski definition) is 0. The molecule has 4 aromatic rings. The predicted molar refractivity (Wildman–Crippen MR) is 187 cm³/mol. The van der Waals surface area contributed by atoms with Gasteiger partial charge in [-0.05, 0) is 79.5 Å². The average Bonchev–Trinajstić information content (AvgIpc) is 3.69. The number of rotatable bonds is 5. The van der Waals surface area contributed by atoms with Crippen molar-refractivity contribution in [3.05, 3.63) is 171 Å². The lowest BCUT2D eigenvalue weighted by Crippen LogP contribution is -2.37. The fourth-order valence-electron chi connectivity index (χ4n) is 7.46. The van der Waals surface area contributed by atoms with Crippen molar-refractivity contribution in [1.29, 1.82) is 0 Å². The van der Waals surface area contributed by atoms with Crippen LogP contribution in [0.4, 0.5) is 0 Å². The minimum atomic E-state index is -1.42. The molecule has 0 amide bonds. The smallest absolute Gasteiger partial charge is 0.0656 e. The van der Waals surface area contributed by atoms with Crippen LogP contribution in [0.25, 0.3) is 11.1 Å². The van der Waals surface area contributed by atoms with Gasteiger partial charge in [-0.15, -0.1) is 0 Å². The molecular weight excluding hydrogens is 533 g/mol. The molecule has 1 heteroatoms. The Bertz CT molecular complexity index is 1710. The van der Waals surface area contributed by atoms with Crippen molar-refractivity contribution in [3.63, 3.8) is 0 Å². The van der Waals surface area contributed by atoms with E-state index in [0.29, 0.717) is 0 Å². The predicted octanol–water partition coefficient (Wildman–Crippen LogP) is 10.4. The first kappa shape index (κ1) is 27.9. The summed E-state index contributed by atoms with van der Waals surface area (Å²) in [4.78, 5) is 0. The number of hydrogen-bond acceptors (Lipinski definition) is 0. The van der Waals surface area contributed by atoms with Gasteiger partial charge in [0, 0.05) is 0 Å². The minimum absolute atomic E-state index is 0.119. The van der Waals surface area contributed by atoms with Gasteiger partial charge in [0.1, 0.15) is 0 Å². The van der Waals surface area contributed by atoms with Crippen molar-refractivity contribution < 1.29 is 0 Å². The monoisotopic (exact) mass is 574 g/mol. The van der Waals surface area contributed by atoms with E-state index < -0.39 is 8.07 Å². The van der Waals surface area contributed by atoms with Gasteiger partial charge in [-0.3, -0.25) is 0 Å². The van der Waals surface area contributed by atoms with E-state index in [2.05, 4.69) is 162 Å². The maximum Gasteiger partial charge on any atom is 0.0776 e. The van der Waals surface area contributed by atoms with Gasteiger partial charge in [0.05, 0.1) is 13.5 Å². The van der Waals surface area contributed by atoms with Gasteiger partial charge in [-0.1, -0.05) is 167 Å². The Balaban J connectivity index is 1.41. The topological polar surface area (TPSA) is 0 Å². The Labute approximate surface area is 259 Å². The Morgan fingerprint density at radius 2 is 1.05 bits per heavy atom. The first-order valence-electron chi connectivity index (χ1n) is 15.8. The van der Waals surface area contributed by atoms with E-state index in [-0.39, 0.29) is 10.8 Å². The molecule has 214 valence electrons. The third kappa shape index (κ3) is 4.57. The van der Waals surface area contributed by atoms with Crippen molar-refractivity contribution in [2.75, 3.05) is 0 Å². The molecule has 0 spiro atoms. The molecule has 0 fully saturated rings. The molecule has 0 aromatic heterocycles. The first-order valence-corrected chi connectivity index (χ1v) is 19.3. The van der Waals surface area contributed by atoms with Gasteiger partial charge in [-0.2, -0.15) is 0 Å². The van der Waals surface area contributed by atoms with E-state index in [1.807, 2.05) is 0 Å². The fraction of sp³-hybridized carbons (Fsp3) is 0.238. The molecule has 4 aromatic carbocycles. The van der Waals surface area contributed by atoms with Crippen molar-refractivity contribution in [2.45, 2.75) is 64.1 Å². The van der Waals surface area contributed by atoms with E-state index in [9.17, 15) is 0 Å². The van der Waals surface area contributed by atoms with Crippen LogP contribution in [0.5, 0.6) is 0 Å². The van der Waals surface area contributed by atoms with Crippen LogP contribution in [0.3, 0.4) is 0 Å². The van der Waals surface area contributed by atoms with Crippen LogP contribution in [0.1, 0.15) is 61.4 Å². The third-order valence-electron chi connectivity index (χ3n) is 9.81. The highest BCUT2D eigenvalue weighted by atomic mass is 28.3. The maximum atomic E-state index is 2.56. The van der Waals surface area contributed by atoms with Crippen LogP contribution in [0.2, 0.25) is 19.6 Å². The van der Waals surface area contributed by atoms with Gasteiger partial charge < -0.3 is 0 Å². The van der Waals surface area contributed by atoms with Gasteiger partial charge in [0.25, 0.3) is 0 Å². The summed E-state index contributed by atoms with van der Waals surface area (Å²) < 4.78 is 0. The summed E-state index contributed by atoms with van der Waals surface area (Å²) in [5, 5.41) is 1.53.